The lowest BCUT2D eigenvalue weighted by atomic mass is 10.0. The third-order valence-electron chi connectivity index (χ3n) is 4.33. The highest BCUT2D eigenvalue weighted by Gasteiger charge is 2.20. The van der Waals surface area contributed by atoms with Gasteiger partial charge in [-0.15, -0.1) is 0 Å². The van der Waals surface area contributed by atoms with E-state index in [0.717, 1.165) is 23.3 Å². The highest BCUT2D eigenvalue weighted by Crippen LogP contribution is 2.14. The van der Waals surface area contributed by atoms with Gasteiger partial charge in [-0.05, 0) is 51.9 Å². The minimum atomic E-state index is 0.605. The molecule has 0 bridgehead atoms. The summed E-state index contributed by atoms with van der Waals surface area (Å²) < 4.78 is 0. The highest BCUT2D eigenvalue weighted by atomic mass is 15.2. The third-order valence-corrected chi connectivity index (χ3v) is 4.33. The number of fused-ring (bicyclic) bond motifs is 1. The molecular formula is C17H24N4. The van der Waals surface area contributed by atoms with Gasteiger partial charge >= 0.3 is 0 Å². The number of nitrogens with one attached hydrogen (secondary N) is 1. The van der Waals surface area contributed by atoms with Crippen LogP contribution in [0.1, 0.15) is 32.4 Å². The number of nitrogens with zero attached hydrogens (tertiary/aromatic N) is 3. The fourth-order valence-electron chi connectivity index (χ4n) is 2.95. The predicted octanol–water partition coefficient (Wildman–Crippen LogP) is 2.59. The van der Waals surface area contributed by atoms with Crippen molar-refractivity contribution in [1.82, 2.24) is 20.2 Å². The first-order valence-electron chi connectivity index (χ1n) is 7.90. The minimum absolute atomic E-state index is 0.605. The van der Waals surface area contributed by atoms with Crippen LogP contribution >= 0.6 is 0 Å². The molecular weight excluding hydrogens is 260 g/mol. The van der Waals surface area contributed by atoms with E-state index in [2.05, 4.69) is 34.0 Å². The summed E-state index contributed by atoms with van der Waals surface area (Å²) >= 11 is 0. The highest BCUT2D eigenvalue weighted by molar-refractivity contribution is 5.73. The lowest BCUT2D eigenvalue weighted by Gasteiger charge is -2.34. The van der Waals surface area contributed by atoms with Crippen LogP contribution in [-0.2, 0) is 6.54 Å². The number of hydrogen-bond acceptors (Lipinski definition) is 4. The van der Waals surface area contributed by atoms with Gasteiger partial charge in [0.15, 0.2) is 0 Å². The molecule has 1 aliphatic heterocycles. The molecule has 0 amide bonds. The molecule has 0 aliphatic carbocycles. The fourth-order valence-corrected chi connectivity index (χ4v) is 2.95. The van der Waals surface area contributed by atoms with Crippen molar-refractivity contribution in [2.45, 2.75) is 45.3 Å². The molecule has 1 saturated heterocycles. The van der Waals surface area contributed by atoms with Crippen LogP contribution in [0.15, 0.2) is 30.5 Å². The minimum Gasteiger partial charge on any atom is -0.308 e. The van der Waals surface area contributed by atoms with Gasteiger partial charge in [0.1, 0.15) is 0 Å². The summed E-state index contributed by atoms with van der Waals surface area (Å²) in [6.45, 7) is 7.75. The van der Waals surface area contributed by atoms with Crippen molar-refractivity contribution in [2.24, 2.45) is 0 Å². The van der Waals surface area contributed by atoms with Crippen LogP contribution in [-0.4, -0.2) is 40.0 Å². The summed E-state index contributed by atoms with van der Waals surface area (Å²) in [5, 5.41) is 3.63. The molecule has 3 rings (SSSR count). The summed E-state index contributed by atoms with van der Waals surface area (Å²) in [6, 6.07) is 9.30. The zero-order valence-electron chi connectivity index (χ0n) is 12.9. The van der Waals surface area contributed by atoms with Crippen LogP contribution in [0.4, 0.5) is 0 Å². The van der Waals surface area contributed by atoms with E-state index >= 15 is 0 Å². The van der Waals surface area contributed by atoms with Crippen LogP contribution in [0.5, 0.6) is 0 Å². The Bertz CT molecular complexity index is 588. The van der Waals surface area contributed by atoms with Crippen LogP contribution in [0.2, 0.25) is 0 Å². The van der Waals surface area contributed by atoms with E-state index in [4.69, 9.17) is 0 Å². The molecule has 0 saturated carbocycles. The monoisotopic (exact) mass is 284 g/mol. The Labute approximate surface area is 126 Å². The van der Waals surface area contributed by atoms with Gasteiger partial charge in [0, 0.05) is 18.6 Å². The zero-order valence-corrected chi connectivity index (χ0v) is 12.9. The largest absolute Gasteiger partial charge is 0.308 e. The fraction of sp³-hybridized carbons (Fsp3) is 0.529. The van der Waals surface area contributed by atoms with Crippen LogP contribution in [0, 0.1) is 0 Å². The molecule has 21 heavy (non-hydrogen) atoms. The Balaban J connectivity index is 1.55. The van der Waals surface area contributed by atoms with E-state index in [1.807, 2.05) is 30.5 Å². The first kappa shape index (κ1) is 14.4. The SMILES string of the molecule is CC(C)N1CCC(NCc2cnc3ccccc3n2)CC1. The summed E-state index contributed by atoms with van der Waals surface area (Å²) in [4.78, 5) is 11.7. The van der Waals surface area contributed by atoms with Crippen molar-refractivity contribution < 1.29 is 0 Å². The van der Waals surface area contributed by atoms with E-state index in [-0.39, 0.29) is 0 Å². The molecule has 112 valence electrons. The van der Waals surface area contributed by atoms with Crippen molar-refractivity contribution in [3.8, 4) is 0 Å². The van der Waals surface area contributed by atoms with Crippen molar-refractivity contribution in [3.05, 3.63) is 36.2 Å². The summed E-state index contributed by atoms with van der Waals surface area (Å²) in [5.41, 5.74) is 2.97. The Kier molecular flexibility index (Phi) is 4.46. The zero-order chi connectivity index (χ0) is 14.7. The molecule has 4 nitrogen and oxygen atoms in total. The van der Waals surface area contributed by atoms with Crippen molar-refractivity contribution in [2.75, 3.05) is 13.1 Å². The van der Waals surface area contributed by atoms with E-state index in [1.54, 1.807) is 0 Å². The van der Waals surface area contributed by atoms with Gasteiger partial charge in [0.05, 0.1) is 22.9 Å². The maximum Gasteiger partial charge on any atom is 0.0890 e. The van der Waals surface area contributed by atoms with Gasteiger partial charge in [-0.3, -0.25) is 4.98 Å². The van der Waals surface area contributed by atoms with Crippen LogP contribution < -0.4 is 5.32 Å². The second kappa shape index (κ2) is 6.50. The van der Waals surface area contributed by atoms with Gasteiger partial charge in [0.25, 0.3) is 0 Å². The molecule has 0 atom stereocenters. The summed E-state index contributed by atoms with van der Waals surface area (Å²) in [5.74, 6) is 0. The summed E-state index contributed by atoms with van der Waals surface area (Å²) in [7, 11) is 0. The number of rotatable bonds is 4. The second-order valence-corrected chi connectivity index (χ2v) is 6.13. The number of hydrogen-bond donors (Lipinski definition) is 1. The Morgan fingerprint density at radius 1 is 1.19 bits per heavy atom. The van der Waals surface area contributed by atoms with Crippen LogP contribution in [0.25, 0.3) is 11.0 Å². The molecule has 0 unspecified atom stereocenters. The van der Waals surface area contributed by atoms with Crippen LogP contribution in [0.3, 0.4) is 0 Å². The first-order valence-corrected chi connectivity index (χ1v) is 7.90. The van der Waals surface area contributed by atoms with Gasteiger partial charge in [0.2, 0.25) is 0 Å². The molecule has 2 heterocycles. The molecule has 2 aromatic rings. The molecule has 4 heteroatoms. The molecule has 1 fully saturated rings. The van der Waals surface area contributed by atoms with Gasteiger partial charge in [-0.1, -0.05) is 12.1 Å². The smallest absolute Gasteiger partial charge is 0.0890 e. The average Bonchev–Trinajstić information content (AvgIpc) is 2.53. The van der Waals surface area contributed by atoms with Crippen molar-refractivity contribution in [3.63, 3.8) is 0 Å². The topological polar surface area (TPSA) is 41.0 Å². The van der Waals surface area contributed by atoms with E-state index in [0.29, 0.717) is 12.1 Å². The number of aromatic nitrogens is 2. The maximum atomic E-state index is 4.67. The third kappa shape index (κ3) is 3.57. The maximum absolute atomic E-state index is 4.67. The molecule has 1 aromatic carbocycles. The number of piperidine rings is 1. The van der Waals surface area contributed by atoms with E-state index < -0.39 is 0 Å². The number of likely N-dealkylation sites (tertiary alicyclic amines) is 1. The average molecular weight is 284 g/mol. The van der Waals surface area contributed by atoms with Crippen molar-refractivity contribution in [1.29, 1.82) is 0 Å². The normalized spacial score (nSPS) is 17.7. The molecule has 1 aromatic heterocycles. The molecule has 1 N–H and O–H groups in total. The van der Waals surface area contributed by atoms with E-state index in [9.17, 15) is 0 Å². The van der Waals surface area contributed by atoms with Gasteiger partial charge < -0.3 is 10.2 Å². The quantitative estimate of drug-likeness (QED) is 0.937. The number of para-hydroxylation sites is 2. The van der Waals surface area contributed by atoms with Gasteiger partial charge in [-0.25, -0.2) is 4.98 Å². The predicted molar refractivity (Wildman–Crippen MR) is 86.1 cm³/mol. The number of benzene rings is 1. The molecule has 0 spiro atoms. The lowest BCUT2D eigenvalue weighted by molar-refractivity contribution is 0.160. The second-order valence-electron chi connectivity index (χ2n) is 6.13. The van der Waals surface area contributed by atoms with Crippen molar-refractivity contribution >= 4 is 11.0 Å². The lowest BCUT2D eigenvalue weighted by Crippen LogP contribution is -2.44. The van der Waals surface area contributed by atoms with Gasteiger partial charge in [-0.2, -0.15) is 0 Å². The Morgan fingerprint density at radius 2 is 1.90 bits per heavy atom. The van der Waals surface area contributed by atoms with E-state index in [1.165, 1.54) is 25.9 Å². The summed E-state index contributed by atoms with van der Waals surface area (Å²) in [6.07, 6.45) is 4.33. The first-order chi connectivity index (χ1) is 10.2. The molecule has 0 radical (unpaired) electrons. The molecule has 1 aliphatic rings. The Morgan fingerprint density at radius 3 is 2.62 bits per heavy atom. The standard InChI is InChI=1S/C17H24N4/c1-13(2)21-9-7-14(8-10-21)18-11-15-12-19-16-5-3-4-6-17(16)20-15/h3-6,12-14,18H,7-11H2,1-2H3. The Hall–Kier alpha value is -1.52.